The summed E-state index contributed by atoms with van der Waals surface area (Å²) >= 11 is 0. The van der Waals surface area contributed by atoms with Gasteiger partial charge in [0.05, 0.1) is 83.1 Å². The summed E-state index contributed by atoms with van der Waals surface area (Å²) in [5.74, 6) is 1.71. The second kappa shape index (κ2) is 31.1. The van der Waals surface area contributed by atoms with Crippen molar-refractivity contribution in [3.63, 3.8) is 0 Å². The van der Waals surface area contributed by atoms with Gasteiger partial charge in [-0.2, -0.15) is 0 Å². The zero-order valence-electron chi connectivity index (χ0n) is 38.7. The van der Waals surface area contributed by atoms with Crippen LogP contribution in [0, 0.1) is 0 Å². The third-order valence-electron chi connectivity index (χ3n) is 9.72. The van der Waals surface area contributed by atoms with E-state index in [1.54, 1.807) is 38.7 Å². The molecule has 4 aromatic heterocycles. The minimum atomic E-state index is -0.316. The fourth-order valence-corrected chi connectivity index (χ4v) is 6.67. The van der Waals surface area contributed by atoms with Crippen molar-refractivity contribution in [3.8, 4) is 5.75 Å². The van der Waals surface area contributed by atoms with Crippen LogP contribution in [0.5, 0.6) is 5.75 Å². The number of hydrogen-bond acceptors (Lipinski definition) is 16. The first-order valence-electron chi connectivity index (χ1n) is 22.4. The Morgan fingerprint density at radius 1 is 0.552 bits per heavy atom. The maximum Gasteiger partial charge on any atom is 0.251 e. The highest BCUT2D eigenvalue weighted by Gasteiger charge is 2.17. The number of nitrogens with zero attached hydrogens (tertiary/aromatic N) is 6. The third-order valence-corrected chi connectivity index (χ3v) is 9.72. The normalized spacial score (nSPS) is 11.2. The molecule has 2 amide bonds. The zero-order valence-corrected chi connectivity index (χ0v) is 38.7. The number of benzene rings is 1. The molecule has 5 rings (SSSR count). The van der Waals surface area contributed by atoms with E-state index in [-0.39, 0.29) is 38.2 Å². The van der Waals surface area contributed by atoms with E-state index in [0.29, 0.717) is 97.2 Å². The third kappa shape index (κ3) is 21.0. The fourth-order valence-electron chi connectivity index (χ4n) is 6.67. The summed E-state index contributed by atoms with van der Waals surface area (Å²) in [5, 5.41) is 5.69. The molecule has 0 spiro atoms. The summed E-state index contributed by atoms with van der Waals surface area (Å²) in [6.07, 6.45) is 5.22. The van der Waals surface area contributed by atoms with Gasteiger partial charge in [-0.05, 0) is 91.2 Å². The van der Waals surface area contributed by atoms with E-state index in [4.69, 9.17) is 53.8 Å². The van der Waals surface area contributed by atoms with Gasteiger partial charge in [0.15, 0.2) is 0 Å². The van der Waals surface area contributed by atoms with Crippen molar-refractivity contribution in [1.29, 1.82) is 0 Å². The second-order valence-corrected chi connectivity index (χ2v) is 15.3. The van der Waals surface area contributed by atoms with Crippen LogP contribution in [0.15, 0.2) is 103 Å². The molecule has 4 N–H and O–H groups in total. The molecule has 67 heavy (non-hydrogen) atoms. The fraction of sp³-hybridized carbons (Fsp3) is 0.429. The van der Waals surface area contributed by atoms with Crippen LogP contribution in [-0.2, 0) is 70.7 Å². The van der Waals surface area contributed by atoms with E-state index >= 15 is 0 Å². The number of methoxy groups -OCH3 is 2. The molecule has 0 aliphatic carbocycles. The average Bonchev–Trinajstić information content (AvgIpc) is 3.33. The molecule has 0 saturated carbocycles. The number of ether oxygens (including phenoxy) is 7. The van der Waals surface area contributed by atoms with Gasteiger partial charge in [-0.25, -0.2) is 15.0 Å². The lowest BCUT2D eigenvalue weighted by Crippen LogP contribution is -2.25. The van der Waals surface area contributed by atoms with Gasteiger partial charge in [0.25, 0.3) is 11.8 Å². The van der Waals surface area contributed by atoms with Crippen LogP contribution >= 0.6 is 0 Å². The molecule has 5 aromatic rings. The Balaban J connectivity index is 1.32. The highest BCUT2D eigenvalue weighted by atomic mass is 16.5. The lowest BCUT2D eigenvalue weighted by Gasteiger charge is -2.26. The van der Waals surface area contributed by atoms with E-state index in [9.17, 15) is 9.59 Å². The van der Waals surface area contributed by atoms with Crippen LogP contribution in [-0.4, -0.2) is 130 Å². The number of pyridine rings is 4. The summed E-state index contributed by atoms with van der Waals surface area (Å²) in [5.41, 5.74) is 10.2. The van der Waals surface area contributed by atoms with Crippen molar-refractivity contribution in [3.05, 3.63) is 132 Å². The van der Waals surface area contributed by atoms with Crippen molar-refractivity contribution in [2.45, 2.75) is 45.6 Å². The highest BCUT2D eigenvalue weighted by molar-refractivity contribution is 5.91. The van der Waals surface area contributed by atoms with Crippen LogP contribution in [0.4, 0.5) is 17.5 Å². The lowest BCUT2D eigenvalue weighted by atomic mass is 10.1. The molecule has 0 bridgehead atoms. The largest absolute Gasteiger partial charge is 0.494 e. The van der Waals surface area contributed by atoms with E-state index in [0.717, 1.165) is 52.6 Å². The van der Waals surface area contributed by atoms with E-state index < -0.39 is 0 Å². The maximum absolute atomic E-state index is 12.7. The van der Waals surface area contributed by atoms with E-state index in [1.165, 1.54) is 0 Å². The predicted molar refractivity (Wildman–Crippen MR) is 254 cm³/mol. The van der Waals surface area contributed by atoms with Crippen molar-refractivity contribution >= 4 is 29.3 Å². The SMILES string of the molecule is COCCOCCOCC(=O)Nc1cccc(CN(Cc2cc(CN(Cc3cccc(NC(=O)COCCOCCOC)n3)c3ccccn3)cc(OCCCCN)c2)Cc2ccccn2)n1. The van der Waals surface area contributed by atoms with Crippen LogP contribution < -0.4 is 26.0 Å². The monoisotopic (exact) mass is 923 g/mol. The standard InChI is InChI=1S/C49H65N9O9/c1-61-21-23-63-25-27-65-37-48(59)55-45-14-9-12-42(53-45)35-57(34-41-11-3-6-18-51-41)32-39-29-40(31-44(30-39)67-20-8-5-17-50)33-58(47-16-4-7-19-52-47)36-43-13-10-15-46(54-43)56-49(60)38-66-28-26-64-24-22-62-2/h3-4,6-7,9-16,18-19,29-31H,5,8,17,20-28,32-38,50H2,1-2H3,(H,53,55,59)(H,54,56,60). The van der Waals surface area contributed by atoms with Gasteiger partial charge in [-0.3, -0.25) is 19.5 Å². The van der Waals surface area contributed by atoms with Crippen LogP contribution in [0.25, 0.3) is 0 Å². The average molecular weight is 924 g/mol. The number of carbonyl (C=O) groups excluding carboxylic acids is 2. The minimum absolute atomic E-state index is 0.124. The number of aromatic nitrogens is 4. The highest BCUT2D eigenvalue weighted by Crippen LogP contribution is 2.25. The Bertz CT molecular complexity index is 2160. The van der Waals surface area contributed by atoms with E-state index in [1.807, 2.05) is 60.7 Å². The smallest absolute Gasteiger partial charge is 0.251 e. The van der Waals surface area contributed by atoms with Gasteiger partial charge in [-0.1, -0.05) is 30.3 Å². The second-order valence-electron chi connectivity index (χ2n) is 15.3. The molecular formula is C49H65N9O9. The molecule has 18 heteroatoms. The topological polar surface area (TPSA) is 207 Å². The number of hydrogen-bond donors (Lipinski definition) is 3. The first-order chi connectivity index (χ1) is 32.9. The van der Waals surface area contributed by atoms with Crippen molar-refractivity contribution in [2.75, 3.05) is 109 Å². The Labute approximate surface area is 393 Å². The van der Waals surface area contributed by atoms with Gasteiger partial charge >= 0.3 is 0 Å². The summed E-state index contributed by atoms with van der Waals surface area (Å²) in [4.78, 5) is 48.7. The van der Waals surface area contributed by atoms with Gasteiger partial charge < -0.3 is 54.4 Å². The molecule has 0 fully saturated rings. The van der Waals surface area contributed by atoms with Gasteiger partial charge in [-0.15, -0.1) is 0 Å². The number of anilines is 3. The van der Waals surface area contributed by atoms with Crippen molar-refractivity contribution < 1.29 is 42.7 Å². The van der Waals surface area contributed by atoms with Crippen LogP contribution in [0.1, 0.15) is 41.1 Å². The Morgan fingerprint density at radius 3 is 1.69 bits per heavy atom. The van der Waals surface area contributed by atoms with Crippen molar-refractivity contribution in [2.24, 2.45) is 5.73 Å². The first-order valence-corrected chi connectivity index (χ1v) is 22.4. The van der Waals surface area contributed by atoms with Crippen LogP contribution in [0.2, 0.25) is 0 Å². The number of amides is 2. The Kier molecular flexibility index (Phi) is 24.1. The molecule has 0 atom stereocenters. The van der Waals surface area contributed by atoms with Gasteiger partial charge in [0, 0.05) is 52.8 Å². The molecule has 0 saturated heterocycles. The Morgan fingerprint density at radius 2 is 1.10 bits per heavy atom. The zero-order chi connectivity index (χ0) is 47.2. The predicted octanol–water partition coefficient (Wildman–Crippen LogP) is 5.03. The molecule has 0 aliphatic rings. The summed E-state index contributed by atoms with van der Waals surface area (Å²) < 4.78 is 38.1. The molecule has 0 unspecified atom stereocenters. The number of nitrogens with two attached hydrogens (primary N) is 1. The van der Waals surface area contributed by atoms with Gasteiger partial charge in [0.1, 0.15) is 36.4 Å². The van der Waals surface area contributed by atoms with Gasteiger partial charge in [0.2, 0.25) is 0 Å². The molecular weight excluding hydrogens is 859 g/mol. The number of rotatable bonds is 34. The summed E-state index contributed by atoms with van der Waals surface area (Å²) in [6, 6.07) is 29.1. The molecule has 18 nitrogen and oxygen atoms in total. The first kappa shape index (κ1) is 52.0. The maximum atomic E-state index is 12.7. The minimum Gasteiger partial charge on any atom is -0.494 e. The molecule has 0 radical (unpaired) electrons. The molecule has 1 aromatic carbocycles. The lowest BCUT2D eigenvalue weighted by molar-refractivity contribution is -0.122. The summed E-state index contributed by atoms with van der Waals surface area (Å²) in [6.45, 7) is 6.45. The molecule has 4 heterocycles. The molecule has 360 valence electrons. The van der Waals surface area contributed by atoms with E-state index in [2.05, 4.69) is 43.6 Å². The molecule has 0 aliphatic heterocycles. The quantitative estimate of drug-likeness (QED) is 0.0463. The van der Waals surface area contributed by atoms with Crippen LogP contribution in [0.3, 0.4) is 0 Å². The Hall–Kier alpha value is -5.96. The number of unbranched alkanes of at least 4 members (excludes halogenated alkanes) is 1. The summed E-state index contributed by atoms with van der Waals surface area (Å²) in [7, 11) is 3.22. The number of carbonyl (C=O) groups is 2. The number of nitrogens with one attached hydrogen (secondary N) is 2. The van der Waals surface area contributed by atoms with Crippen molar-refractivity contribution in [1.82, 2.24) is 24.8 Å².